The van der Waals surface area contributed by atoms with Crippen molar-refractivity contribution in [3.05, 3.63) is 24.4 Å². The predicted molar refractivity (Wildman–Crippen MR) is 45.6 cm³/mol. The first-order valence-electron chi connectivity index (χ1n) is 3.82. The van der Waals surface area contributed by atoms with Crippen LogP contribution >= 0.6 is 0 Å². The van der Waals surface area contributed by atoms with Gasteiger partial charge >= 0.3 is 1.43 Å². The minimum atomic E-state index is 0. The Bertz CT molecular complexity index is 399. The zero-order valence-corrected chi connectivity index (χ0v) is 6.73. The molecule has 2 aromatic rings. The van der Waals surface area contributed by atoms with Gasteiger partial charge in [0, 0.05) is 12.4 Å². The number of aromatic nitrogens is 4. The predicted octanol–water partition coefficient (Wildman–Crippen LogP) is 1.09. The van der Waals surface area contributed by atoms with Crippen molar-refractivity contribution >= 4 is 11.2 Å². The van der Waals surface area contributed by atoms with E-state index in [1.165, 1.54) is 6.33 Å². The summed E-state index contributed by atoms with van der Waals surface area (Å²) in [7, 11) is 0. The largest absolute Gasteiger partial charge is 1.00 e. The summed E-state index contributed by atoms with van der Waals surface area (Å²) in [6.07, 6.45) is 5.67. The van der Waals surface area contributed by atoms with Crippen LogP contribution in [0.3, 0.4) is 0 Å². The van der Waals surface area contributed by atoms with E-state index < -0.39 is 0 Å². The lowest BCUT2D eigenvalue weighted by molar-refractivity contribution is 1.01. The topological polar surface area (TPSA) is 51.6 Å². The number of rotatable bonds is 1. The average Bonchev–Trinajstić information content (AvgIpc) is 2.17. The van der Waals surface area contributed by atoms with Crippen molar-refractivity contribution in [2.75, 3.05) is 0 Å². The average molecular weight is 161 g/mol. The van der Waals surface area contributed by atoms with Gasteiger partial charge in [-0.2, -0.15) is 0 Å². The van der Waals surface area contributed by atoms with E-state index >= 15 is 0 Å². The third-order valence-corrected chi connectivity index (χ3v) is 1.68. The Morgan fingerprint density at radius 1 is 1.17 bits per heavy atom. The monoisotopic (exact) mass is 161 g/mol. The van der Waals surface area contributed by atoms with Gasteiger partial charge in [-0.3, -0.25) is 0 Å². The van der Waals surface area contributed by atoms with Gasteiger partial charge in [0.2, 0.25) is 0 Å². The SMILES string of the molecule is CCc1ncnc2nccnc12.[H+]. The maximum absolute atomic E-state index is 4.16. The molecule has 4 nitrogen and oxygen atoms in total. The molecule has 0 aliphatic heterocycles. The molecule has 2 rings (SSSR count). The highest BCUT2D eigenvalue weighted by Crippen LogP contribution is 2.07. The van der Waals surface area contributed by atoms with Gasteiger partial charge in [0.25, 0.3) is 0 Å². The van der Waals surface area contributed by atoms with E-state index in [0.717, 1.165) is 17.6 Å². The molecule has 0 aromatic carbocycles. The standard InChI is InChI=1S/C8H8N4/c1-2-6-7-8(12-5-11-6)10-4-3-9-7/h3-5H,2H2,1H3/p+1. The van der Waals surface area contributed by atoms with Crippen molar-refractivity contribution < 1.29 is 1.43 Å². The quantitative estimate of drug-likeness (QED) is 0.628. The van der Waals surface area contributed by atoms with Gasteiger partial charge in [-0.05, 0) is 6.42 Å². The van der Waals surface area contributed by atoms with Crippen LogP contribution in [0.2, 0.25) is 0 Å². The van der Waals surface area contributed by atoms with E-state index in [1.54, 1.807) is 12.4 Å². The molecule has 60 valence electrons. The molecule has 0 fully saturated rings. The van der Waals surface area contributed by atoms with Gasteiger partial charge in [-0.15, -0.1) is 0 Å². The maximum atomic E-state index is 4.16. The minimum absolute atomic E-state index is 0. The van der Waals surface area contributed by atoms with E-state index in [4.69, 9.17) is 0 Å². The highest BCUT2D eigenvalue weighted by Gasteiger charge is 2.01. The van der Waals surface area contributed by atoms with Crippen molar-refractivity contribution in [2.45, 2.75) is 13.3 Å². The van der Waals surface area contributed by atoms with Gasteiger partial charge in [0.1, 0.15) is 11.8 Å². The number of nitrogens with zero attached hydrogens (tertiary/aromatic N) is 4. The van der Waals surface area contributed by atoms with Crippen LogP contribution in [0.25, 0.3) is 11.2 Å². The number of hydrogen-bond donors (Lipinski definition) is 0. The van der Waals surface area contributed by atoms with E-state index in [9.17, 15) is 0 Å². The summed E-state index contributed by atoms with van der Waals surface area (Å²) in [5.41, 5.74) is 2.43. The van der Waals surface area contributed by atoms with Crippen molar-refractivity contribution in [3.63, 3.8) is 0 Å². The second-order valence-corrected chi connectivity index (χ2v) is 2.40. The summed E-state index contributed by atoms with van der Waals surface area (Å²) < 4.78 is 0. The maximum Gasteiger partial charge on any atom is 1.00 e. The molecule has 0 atom stereocenters. The van der Waals surface area contributed by atoms with Crippen LogP contribution in [-0.4, -0.2) is 19.9 Å². The molecule has 0 radical (unpaired) electrons. The van der Waals surface area contributed by atoms with E-state index in [-0.39, 0.29) is 1.43 Å². The smallest absolute Gasteiger partial charge is 0.249 e. The molecule has 2 aromatic heterocycles. The number of aryl methyl sites for hydroxylation is 1. The minimum Gasteiger partial charge on any atom is -0.249 e. The van der Waals surface area contributed by atoms with Crippen molar-refractivity contribution in [1.29, 1.82) is 0 Å². The molecule has 0 aliphatic rings. The Hall–Kier alpha value is -1.58. The second-order valence-electron chi connectivity index (χ2n) is 2.40. The van der Waals surface area contributed by atoms with Crippen LogP contribution in [0.4, 0.5) is 0 Å². The molecule has 0 amide bonds. The lowest BCUT2D eigenvalue weighted by Crippen LogP contribution is -1.94. The zero-order chi connectivity index (χ0) is 8.39. The molecule has 12 heavy (non-hydrogen) atoms. The normalized spacial score (nSPS) is 10.4. The number of fused-ring (bicyclic) bond motifs is 1. The molecule has 0 saturated heterocycles. The third-order valence-electron chi connectivity index (χ3n) is 1.68. The third kappa shape index (κ3) is 1.01. The van der Waals surface area contributed by atoms with Crippen LogP contribution in [0.5, 0.6) is 0 Å². The fraction of sp³-hybridized carbons (Fsp3) is 0.250. The molecule has 2 heterocycles. The molecule has 0 unspecified atom stereocenters. The van der Waals surface area contributed by atoms with Crippen molar-refractivity contribution in [2.24, 2.45) is 0 Å². The van der Waals surface area contributed by atoms with E-state index in [2.05, 4.69) is 19.9 Å². The first-order chi connectivity index (χ1) is 5.92. The van der Waals surface area contributed by atoms with Gasteiger partial charge in [0.05, 0.1) is 5.69 Å². The second kappa shape index (κ2) is 2.81. The summed E-state index contributed by atoms with van der Waals surface area (Å²) >= 11 is 0. The molecular weight excluding hydrogens is 152 g/mol. The summed E-state index contributed by atoms with van der Waals surface area (Å²) in [5, 5.41) is 0. The molecule has 0 bridgehead atoms. The van der Waals surface area contributed by atoms with Gasteiger partial charge in [-0.1, -0.05) is 6.92 Å². The van der Waals surface area contributed by atoms with Gasteiger partial charge < -0.3 is 0 Å². The van der Waals surface area contributed by atoms with Crippen LogP contribution in [0, 0.1) is 0 Å². The highest BCUT2D eigenvalue weighted by atomic mass is 14.9. The van der Waals surface area contributed by atoms with Crippen LogP contribution in [0.1, 0.15) is 14.0 Å². The first kappa shape index (κ1) is 7.09. The molecule has 0 saturated carbocycles. The Morgan fingerprint density at radius 2 is 2.00 bits per heavy atom. The van der Waals surface area contributed by atoms with Crippen LogP contribution < -0.4 is 0 Å². The Labute approximate surface area is 71.2 Å². The summed E-state index contributed by atoms with van der Waals surface area (Å²) in [6.45, 7) is 2.04. The molecule has 0 spiro atoms. The van der Waals surface area contributed by atoms with E-state index in [1.807, 2.05) is 6.92 Å². The molecule has 4 heteroatoms. The first-order valence-corrected chi connectivity index (χ1v) is 3.82. The Kier molecular flexibility index (Phi) is 1.66. The van der Waals surface area contributed by atoms with Crippen molar-refractivity contribution in [3.8, 4) is 0 Å². The highest BCUT2D eigenvalue weighted by molar-refractivity contribution is 5.71. The fourth-order valence-electron chi connectivity index (χ4n) is 1.10. The summed E-state index contributed by atoms with van der Waals surface area (Å²) in [6, 6.07) is 0. The lowest BCUT2D eigenvalue weighted by atomic mass is 10.3. The Morgan fingerprint density at radius 3 is 2.83 bits per heavy atom. The summed E-state index contributed by atoms with van der Waals surface area (Å²) in [4.78, 5) is 16.4. The molecule has 0 N–H and O–H groups in total. The lowest BCUT2D eigenvalue weighted by Gasteiger charge is -1.98. The zero-order valence-electron chi connectivity index (χ0n) is 7.73. The van der Waals surface area contributed by atoms with E-state index in [0.29, 0.717) is 5.65 Å². The van der Waals surface area contributed by atoms with Crippen LogP contribution in [-0.2, 0) is 6.42 Å². The van der Waals surface area contributed by atoms with Crippen molar-refractivity contribution in [1.82, 2.24) is 19.9 Å². The van der Waals surface area contributed by atoms with Gasteiger partial charge in [-0.25, -0.2) is 19.9 Å². The van der Waals surface area contributed by atoms with Gasteiger partial charge in [0.15, 0.2) is 5.65 Å². The summed E-state index contributed by atoms with van der Waals surface area (Å²) in [5.74, 6) is 0. The molecule has 0 aliphatic carbocycles. The fourth-order valence-corrected chi connectivity index (χ4v) is 1.10. The molecular formula is C8H9N4+. The Balaban J connectivity index is 0.000000845. The number of hydrogen-bond acceptors (Lipinski definition) is 4. The van der Waals surface area contributed by atoms with Crippen LogP contribution in [0.15, 0.2) is 18.7 Å².